The fourth-order valence-corrected chi connectivity index (χ4v) is 7.31. The van der Waals surface area contributed by atoms with Crippen LogP contribution in [0.4, 0.5) is 4.79 Å². The highest BCUT2D eigenvalue weighted by Crippen LogP contribution is 2.40. The zero-order chi connectivity index (χ0) is 36.6. The van der Waals surface area contributed by atoms with E-state index in [2.05, 4.69) is 10.0 Å². The van der Waals surface area contributed by atoms with E-state index in [1.807, 2.05) is 43.3 Å². The van der Waals surface area contributed by atoms with E-state index in [4.69, 9.17) is 19.9 Å². The second kappa shape index (κ2) is 16.8. The van der Waals surface area contributed by atoms with Crippen molar-refractivity contribution in [2.75, 3.05) is 19.8 Å². The van der Waals surface area contributed by atoms with Crippen LogP contribution in [0.1, 0.15) is 84.1 Å². The summed E-state index contributed by atoms with van der Waals surface area (Å²) in [5.41, 5.74) is 5.66. The summed E-state index contributed by atoms with van der Waals surface area (Å²) in [5.74, 6) is -3.18. The molecule has 1 aromatic rings. The summed E-state index contributed by atoms with van der Waals surface area (Å²) in [6, 6.07) is 7.09. The zero-order valence-electron chi connectivity index (χ0n) is 29.2. The molecule has 6 atom stereocenters. The maximum absolute atomic E-state index is 13.9. The molecule has 0 aromatic heterocycles. The van der Waals surface area contributed by atoms with Gasteiger partial charge in [-0.25, -0.2) is 13.2 Å². The Kier molecular flexibility index (Phi) is 13.1. The summed E-state index contributed by atoms with van der Waals surface area (Å²) in [7, 11) is -3.57. The molecule has 1 heterocycles. The van der Waals surface area contributed by atoms with Crippen LogP contribution in [0.25, 0.3) is 0 Å². The zero-order valence-corrected chi connectivity index (χ0v) is 30.0. The lowest BCUT2D eigenvalue weighted by Gasteiger charge is -2.28. The Labute approximate surface area is 293 Å². The van der Waals surface area contributed by atoms with Crippen molar-refractivity contribution < 1.29 is 46.6 Å². The number of carbonyl (C=O) groups excluding carboxylic acids is 5. The van der Waals surface area contributed by atoms with Gasteiger partial charge in [-0.1, -0.05) is 49.4 Å². The van der Waals surface area contributed by atoms with E-state index in [1.54, 1.807) is 26.8 Å². The highest BCUT2D eigenvalue weighted by atomic mass is 32.2. The number of carbonyl (C=O) groups is 5. The molecule has 0 bridgehead atoms. The first kappa shape index (κ1) is 38.8. The molecule has 4 N–H and O–H groups in total. The number of alkyl carbamates (subject to hydrolysis) is 1. The van der Waals surface area contributed by atoms with Crippen molar-refractivity contribution in [3.63, 3.8) is 0 Å². The number of nitrogens with zero attached hydrogens (tertiary/aromatic N) is 1. The van der Waals surface area contributed by atoms with Gasteiger partial charge < -0.3 is 30.2 Å². The molecule has 14 nitrogen and oxygen atoms in total. The molecule has 4 rings (SSSR count). The summed E-state index contributed by atoms with van der Waals surface area (Å²) in [4.78, 5) is 65.7. The van der Waals surface area contributed by atoms with Gasteiger partial charge in [0.1, 0.15) is 23.8 Å². The average Bonchev–Trinajstić information content (AvgIpc) is 3.97. The largest absolute Gasteiger partial charge is 0.460 e. The minimum Gasteiger partial charge on any atom is -0.460 e. The van der Waals surface area contributed by atoms with Crippen LogP contribution in [0, 0.1) is 11.8 Å². The Morgan fingerprint density at radius 3 is 2.40 bits per heavy atom. The Bertz CT molecular complexity index is 1520. The highest BCUT2D eigenvalue weighted by Gasteiger charge is 2.45. The lowest BCUT2D eigenvalue weighted by atomic mass is 9.97. The first-order chi connectivity index (χ1) is 23.6. The first-order valence-corrected chi connectivity index (χ1v) is 18.8. The van der Waals surface area contributed by atoms with Crippen LogP contribution < -0.4 is 15.8 Å². The number of amides is 4. The fourth-order valence-electron chi connectivity index (χ4n) is 5.95. The molecule has 3 fully saturated rings. The third kappa shape index (κ3) is 11.3. The van der Waals surface area contributed by atoms with Gasteiger partial charge in [0.2, 0.25) is 27.7 Å². The number of sulfonamides is 1. The smallest absolute Gasteiger partial charge is 0.408 e. The summed E-state index contributed by atoms with van der Waals surface area (Å²) < 4.78 is 43.0. The molecular weight excluding hydrogens is 668 g/mol. The Morgan fingerprint density at radius 1 is 1.08 bits per heavy atom. The van der Waals surface area contributed by atoms with Gasteiger partial charge in [-0.3, -0.25) is 23.9 Å². The lowest BCUT2D eigenvalue weighted by Crippen LogP contribution is -2.53. The molecule has 15 heteroatoms. The maximum atomic E-state index is 13.9. The summed E-state index contributed by atoms with van der Waals surface area (Å²) in [5, 5.41) is 2.16. The van der Waals surface area contributed by atoms with Gasteiger partial charge in [0.25, 0.3) is 0 Å². The summed E-state index contributed by atoms with van der Waals surface area (Å²) >= 11 is 0. The average molecular weight is 719 g/mol. The quantitative estimate of drug-likeness (QED) is 0.122. The molecule has 276 valence electrons. The van der Waals surface area contributed by atoms with Crippen molar-refractivity contribution in [1.82, 2.24) is 14.9 Å². The molecule has 1 aliphatic heterocycles. The topological polar surface area (TPSA) is 200 Å². The fraction of sp³-hybridized carbons (Fsp3) is 0.629. The number of ether oxygens (including phenoxy) is 3. The molecule has 0 spiro atoms. The van der Waals surface area contributed by atoms with E-state index in [-0.39, 0.29) is 44.4 Å². The third-order valence-corrected chi connectivity index (χ3v) is 10.6. The second-order valence-corrected chi connectivity index (χ2v) is 16.1. The van der Waals surface area contributed by atoms with Crippen LogP contribution in [0.3, 0.4) is 0 Å². The van der Waals surface area contributed by atoms with E-state index < -0.39 is 74.8 Å². The van der Waals surface area contributed by atoms with Crippen molar-refractivity contribution in [2.45, 2.75) is 108 Å². The third-order valence-electron chi connectivity index (χ3n) is 8.80. The van der Waals surface area contributed by atoms with Gasteiger partial charge in [0.15, 0.2) is 0 Å². The number of nitrogens with two attached hydrogens (primary N) is 1. The SMILES string of the molecule is CCC(C(=O)O[C@@H]1C[C@@H](C(N)=O)N(C(=O)[C@H](CCCOC/C=C\[C@@H]2C[C@@H]2C(=O)NS(=O)(=O)C2CC2)NC(=O)OC(C)(C)C)C1)c1ccccc1. The number of esters is 1. The number of allylic oxidation sites excluding steroid dienone is 1. The Hall–Kier alpha value is -3.98. The van der Waals surface area contributed by atoms with Crippen molar-refractivity contribution in [1.29, 1.82) is 0 Å². The second-order valence-electron chi connectivity index (χ2n) is 14.1. The monoisotopic (exact) mass is 718 g/mol. The van der Waals surface area contributed by atoms with Gasteiger partial charge in [0, 0.05) is 18.9 Å². The van der Waals surface area contributed by atoms with E-state index >= 15 is 0 Å². The Morgan fingerprint density at radius 2 is 1.78 bits per heavy atom. The number of rotatable bonds is 17. The molecule has 0 radical (unpaired) electrons. The van der Waals surface area contributed by atoms with E-state index in [0.717, 1.165) is 5.56 Å². The number of nitrogens with one attached hydrogen (secondary N) is 2. The lowest BCUT2D eigenvalue weighted by molar-refractivity contribution is -0.151. The van der Waals surface area contributed by atoms with E-state index in [9.17, 15) is 32.4 Å². The number of benzene rings is 1. The Balaban J connectivity index is 1.29. The number of hydrogen-bond donors (Lipinski definition) is 3. The molecule has 2 saturated carbocycles. The van der Waals surface area contributed by atoms with E-state index in [0.29, 0.717) is 32.1 Å². The van der Waals surface area contributed by atoms with Crippen molar-refractivity contribution in [3.05, 3.63) is 48.0 Å². The standard InChI is InChI=1S/C35H50N4O10S/c1-5-26(22-11-7-6-8-12-22)33(43)48-24-20-29(30(36)40)39(21-24)32(42)28(37-34(44)49-35(2,3)4)14-10-18-47-17-9-13-23-19-27(23)31(41)38-50(45,46)25-15-16-25/h6-9,11-13,23-29H,5,10,14-21H2,1-4H3,(H2,36,40)(H,37,44)(H,38,41)/b13-9-/t23-,24-,26?,27+,28+,29+/m1/s1. The van der Waals surface area contributed by atoms with Gasteiger partial charge >= 0.3 is 12.1 Å². The number of hydrogen-bond acceptors (Lipinski definition) is 10. The van der Waals surface area contributed by atoms with Crippen molar-refractivity contribution in [3.8, 4) is 0 Å². The van der Waals surface area contributed by atoms with Gasteiger partial charge in [-0.05, 0) is 70.8 Å². The van der Waals surface area contributed by atoms with Gasteiger partial charge in [-0.15, -0.1) is 0 Å². The van der Waals surface area contributed by atoms with E-state index in [1.165, 1.54) is 4.90 Å². The molecule has 50 heavy (non-hydrogen) atoms. The summed E-state index contributed by atoms with van der Waals surface area (Å²) in [6.07, 6.45) is 4.80. The summed E-state index contributed by atoms with van der Waals surface area (Å²) in [6.45, 7) is 7.35. The van der Waals surface area contributed by atoms with Crippen LogP contribution in [0.15, 0.2) is 42.5 Å². The predicted molar refractivity (Wildman–Crippen MR) is 183 cm³/mol. The normalized spacial score (nSPS) is 23.2. The first-order valence-electron chi connectivity index (χ1n) is 17.2. The van der Waals surface area contributed by atoms with Crippen LogP contribution in [0.2, 0.25) is 0 Å². The minimum atomic E-state index is -3.57. The molecule has 4 amide bonds. The molecule has 3 aliphatic rings. The van der Waals surface area contributed by atoms with Crippen LogP contribution in [0.5, 0.6) is 0 Å². The number of likely N-dealkylation sites (tertiary alicyclic amines) is 1. The van der Waals surface area contributed by atoms with Crippen LogP contribution in [-0.2, 0) is 43.4 Å². The van der Waals surface area contributed by atoms with Gasteiger partial charge in [0.05, 0.1) is 24.3 Å². The van der Waals surface area contributed by atoms with Crippen LogP contribution >= 0.6 is 0 Å². The highest BCUT2D eigenvalue weighted by molar-refractivity contribution is 7.90. The predicted octanol–water partition coefficient (Wildman–Crippen LogP) is 2.67. The number of primary amides is 1. The van der Waals surface area contributed by atoms with Gasteiger partial charge in [-0.2, -0.15) is 0 Å². The molecule has 1 aromatic carbocycles. The maximum Gasteiger partial charge on any atom is 0.408 e. The molecule has 1 saturated heterocycles. The van der Waals surface area contributed by atoms with Crippen LogP contribution in [-0.4, -0.2) is 91.9 Å². The molecular formula is C35H50N4O10S. The molecule has 2 aliphatic carbocycles. The van der Waals surface area contributed by atoms with Crippen molar-refractivity contribution in [2.24, 2.45) is 17.6 Å². The molecule has 1 unspecified atom stereocenters. The van der Waals surface area contributed by atoms with Crippen molar-refractivity contribution >= 4 is 39.8 Å². The minimum absolute atomic E-state index is 0.0342.